The average Bonchev–Trinajstić information content (AvgIpc) is 2.00. The van der Waals surface area contributed by atoms with Crippen LogP contribution in [0.2, 0.25) is 0 Å². The molecule has 12 heavy (non-hydrogen) atoms. The summed E-state index contributed by atoms with van der Waals surface area (Å²) in [6, 6.07) is 2.15. The highest BCUT2D eigenvalue weighted by atomic mass is 35.5. The number of hydrogen-bond donors (Lipinski definition) is 0. The fraction of sp³-hybridized carbons (Fsp3) is 0.889. The molecule has 0 saturated carbocycles. The van der Waals surface area contributed by atoms with Gasteiger partial charge in [-0.1, -0.05) is 13.8 Å². The predicted octanol–water partition coefficient (Wildman–Crippen LogP) is 2.10. The van der Waals surface area contributed by atoms with E-state index in [2.05, 4.69) is 24.8 Å². The minimum absolute atomic E-state index is 0.601. The molecule has 0 aromatic carbocycles. The highest BCUT2D eigenvalue weighted by Gasteiger charge is 2.05. The molecule has 0 aromatic heterocycles. The first-order chi connectivity index (χ1) is 5.70. The molecular weight excluding hydrogens is 172 g/mol. The molecule has 0 heterocycles. The fourth-order valence-electron chi connectivity index (χ4n) is 1.14. The van der Waals surface area contributed by atoms with Gasteiger partial charge in [-0.15, -0.1) is 11.6 Å². The molecule has 0 rings (SSSR count). The summed E-state index contributed by atoms with van der Waals surface area (Å²) in [6.45, 7) is 7.12. The number of halogens is 1. The van der Waals surface area contributed by atoms with Crippen molar-refractivity contribution in [3.63, 3.8) is 0 Å². The Labute approximate surface area is 80.1 Å². The predicted molar refractivity (Wildman–Crippen MR) is 52.2 cm³/mol. The lowest BCUT2D eigenvalue weighted by atomic mass is 10.2. The molecule has 2 nitrogen and oxygen atoms in total. The van der Waals surface area contributed by atoms with Crippen molar-refractivity contribution in [1.82, 2.24) is 4.90 Å². The van der Waals surface area contributed by atoms with E-state index in [4.69, 9.17) is 16.9 Å². The topological polar surface area (TPSA) is 27.0 Å². The Morgan fingerprint density at radius 1 is 1.42 bits per heavy atom. The molecule has 0 aromatic rings. The summed E-state index contributed by atoms with van der Waals surface area (Å²) in [5.41, 5.74) is 0. The van der Waals surface area contributed by atoms with Gasteiger partial charge in [-0.25, -0.2) is 0 Å². The third-order valence-electron chi connectivity index (χ3n) is 1.56. The van der Waals surface area contributed by atoms with Gasteiger partial charge in [0.1, 0.15) is 0 Å². The zero-order valence-electron chi connectivity index (χ0n) is 7.89. The van der Waals surface area contributed by atoms with Gasteiger partial charge < -0.3 is 4.90 Å². The minimum Gasteiger partial charge on any atom is -0.301 e. The molecule has 3 heteroatoms. The Balaban J connectivity index is 3.63. The molecular formula is C9H17ClN2. The van der Waals surface area contributed by atoms with E-state index in [1.807, 2.05) is 0 Å². The smallest absolute Gasteiger partial charge is 0.0635 e. The first kappa shape index (κ1) is 11.7. The van der Waals surface area contributed by atoms with Gasteiger partial charge in [0, 0.05) is 31.9 Å². The van der Waals surface area contributed by atoms with Crippen LogP contribution in [0.3, 0.4) is 0 Å². The second-order valence-electron chi connectivity index (χ2n) is 3.29. The van der Waals surface area contributed by atoms with E-state index >= 15 is 0 Å². The van der Waals surface area contributed by atoms with E-state index < -0.39 is 0 Å². The second kappa shape index (κ2) is 7.39. The van der Waals surface area contributed by atoms with E-state index in [1.165, 1.54) is 0 Å². The SMILES string of the molecule is CC(C)CN(CCCl)CCC#N. The summed E-state index contributed by atoms with van der Waals surface area (Å²) in [5.74, 6) is 1.30. The normalized spacial score (nSPS) is 10.7. The monoisotopic (exact) mass is 188 g/mol. The standard InChI is InChI=1S/C9H17ClN2/c1-9(2)8-12(7-4-10)6-3-5-11/h9H,3-4,6-8H2,1-2H3. The van der Waals surface area contributed by atoms with Gasteiger partial charge in [0.15, 0.2) is 0 Å². The lowest BCUT2D eigenvalue weighted by Crippen LogP contribution is -2.30. The highest BCUT2D eigenvalue weighted by molar-refractivity contribution is 6.18. The molecule has 0 aliphatic heterocycles. The van der Waals surface area contributed by atoms with Crippen molar-refractivity contribution in [2.75, 3.05) is 25.5 Å². The number of nitrogens with zero attached hydrogens (tertiary/aromatic N) is 2. The number of alkyl halides is 1. The van der Waals surface area contributed by atoms with Gasteiger partial charge in [-0.05, 0) is 5.92 Å². The molecule has 0 fully saturated rings. The van der Waals surface area contributed by atoms with E-state index in [-0.39, 0.29) is 0 Å². The average molecular weight is 189 g/mol. The first-order valence-corrected chi connectivity index (χ1v) is 4.89. The van der Waals surface area contributed by atoms with Crippen LogP contribution in [0.15, 0.2) is 0 Å². The Morgan fingerprint density at radius 2 is 2.08 bits per heavy atom. The van der Waals surface area contributed by atoms with Crippen LogP contribution in [0.1, 0.15) is 20.3 Å². The van der Waals surface area contributed by atoms with Gasteiger partial charge in [0.2, 0.25) is 0 Å². The Hall–Kier alpha value is -0.260. The van der Waals surface area contributed by atoms with E-state index in [1.54, 1.807) is 0 Å². The summed E-state index contributed by atoms with van der Waals surface area (Å²) in [4.78, 5) is 2.24. The van der Waals surface area contributed by atoms with Crippen LogP contribution in [-0.4, -0.2) is 30.4 Å². The molecule has 0 N–H and O–H groups in total. The maximum Gasteiger partial charge on any atom is 0.0635 e. The molecule has 0 aliphatic rings. The van der Waals surface area contributed by atoms with Gasteiger partial charge in [-0.3, -0.25) is 0 Å². The number of rotatable bonds is 6. The lowest BCUT2D eigenvalue weighted by Gasteiger charge is -2.21. The molecule has 0 radical (unpaired) electrons. The van der Waals surface area contributed by atoms with Crippen molar-refractivity contribution >= 4 is 11.6 Å². The lowest BCUT2D eigenvalue weighted by molar-refractivity contribution is 0.263. The van der Waals surface area contributed by atoms with Crippen molar-refractivity contribution in [2.24, 2.45) is 5.92 Å². The Bertz CT molecular complexity index is 140. The third-order valence-corrected chi connectivity index (χ3v) is 1.73. The maximum absolute atomic E-state index is 8.41. The zero-order chi connectivity index (χ0) is 9.40. The van der Waals surface area contributed by atoms with Crippen LogP contribution in [0, 0.1) is 17.2 Å². The molecule has 0 saturated heterocycles. The van der Waals surface area contributed by atoms with Gasteiger partial charge in [-0.2, -0.15) is 5.26 Å². The Morgan fingerprint density at radius 3 is 2.50 bits per heavy atom. The van der Waals surface area contributed by atoms with Crippen molar-refractivity contribution in [3.8, 4) is 6.07 Å². The summed E-state index contributed by atoms with van der Waals surface area (Å²) in [7, 11) is 0. The summed E-state index contributed by atoms with van der Waals surface area (Å²) >= 11 is 5.63. The Kier molecular flexibility index (Phi) is 7.23. The molecule has 0 amide bonds. The largest absolute Gasteiger partial charge is 0.301 e. The molecule has 70 valence electrons. The van der Waals surface area contributed by atoms with E-state index in [0.717, 1.165) is 19.6 Å². The number of hydrogen-bond acceptors (Lipinski definition) is 2. The van der Waals surface area contributed by atoms with Crippen LogP contribution < -0.4 is 0 Å². The van der Waals surface area contributed by atoms with Gasteiger partial charge in [0.25, 0.3) is 0 Å². The summed E-state index contributed by atoms with van der Waals surface area (Å²) in [6.07, 6.45) is 0.601. The van der Waals surface area contributed by atoms with E-state index in [9.17, 15) is 0 Å². The van der Waals surface area contributed by atoms with E-state index in [0.29, 0.717) is 18.2 Å². The fourth-order valence-corrected chi connectivity index (χ4v) is 1.38. The second-order valence-corrected chi connectivity index (χ2v) is 3.67. The summed E-state index contributed by atoms with van der Waals surface area (Å²) in [5, 5.41) is 8.41. The van der Waals surface area contributed by atoms with Crippen LogP contribution in [0.25, 0.3) is 0 Å². The first-order valence-electron chi connectivity index (χ1n) is 4.36. The van der Waals surface area contributed by atoms with Crippen LogP contribution >= 0.6 is 11.6 Å². The van der Waals surface area contributed by atoms with Crippen LogP contribution in [-0.2, 0) is 0 Å². The molecule has 0 spiro atoms. The van der Waals surface area contributed by atoms with Crippen LogP contribution in [0.5, 0.6) is 0 Å². The van der Waals surface area contributed by atoms with Crippen molar-refractivity contribution < 1.29 is 0 Å². The van der Waals surface area contributed by atoms with Crippen molar-refractivity contribution in [2.45, 2.75) is 20.3 Å². The molecule has 0 aliphatic carbocycles. The zero-order valence-corrected chi connectivity index (χ0v) is 8.64. The highest BCUT2D eigenvalue weighted by Crippen LogP contribution is 1.99. The van der Waals surface area contributed by atoms with Gasteiger partial charge >= 0.3 is 0 Å². The maximum atomic E-state index is 8.41. The quantitative estimate of drug-likeness (QED) is 0.597. The van der Waals surface area contributed by atoms with Crippen molar-refractivity contribution in [3.05, 3.63) is 0 Å². The number of nitriles is 1. The molecule has 0 bridgehead atoms. The molecule has 0 unspecified atom stereocenters. The molecule has 0 atom stereocenters. The third kappa shape index (κ3) is 6.45. The van der Waals surface area contributed by atoms with Crippen LogP contribution in [0.4, 0.5) is 0 Å². The minimum atomic E-state index is 0.601. The van der Waals surface area contributed by atoms with Gasteiger partial charge in [0.05, 0.1) is 6.07 Å². The summed E-state index contributed by atoms with van der Waals surface area (Å²) < 4.78 is 0. The van der Waals surface area contributed by atoms with Crippen molar-refractivity contribution in [1.29, 1.82) is 5.26 Å².